The standard InChI is InChI=1S/C10H11F4N/c11-5-4-9(15)7-2-1-3-8(6-7)10(12,13)14/h1-3,6,9H,4-5,15H2/t9-/m0/s1. The van der Waals surface area contributed by atoms with E-state index in [1.54, 1.807) is 0 Å². The molecule has 0 aliphatic heterocycles. The van der Waals surface area contributed by atoms with Crippen molar-refractivity contribution >= 4 is 0 Å². The summed E-state index contributed by atoms with van der Waals surface area (Å²) >= 11 is 0. The van der Waals surface area contributed by atoms with Crippen molar-refractivity contribution in [1.29, 1.82) is 0 Å². The van der Waals surface area contributed by atoms with Crippen molar-refractivity contribution in [3.05, 3.63) is 35.4 Å². The van der Waals surface area contributed by atoms with Gasteiger partial charge in [-0.25, -0.2) is 0 Å². The van der Waals surface area contributed by atoms with Crippen LogP contribution in [0.15, 0.2) is 24.3 Å². The average Bonchev–Trinajstić information content (AvgIpc) is 2.17. The van der Waals surface area contributed by atoms with Gasteiger partial charge in [0.2, 0.25) is 0 Å². The number of alkyl halides is 4. The lowest BCUT2D eigenvalue weighted by molar-refractivity contribution is -0.137. The zero-order chi connectivity index (χ0) is 11.5. The normalized spacial score (nSPS) is 13.9. The molecule has 0 fully saturated rings. The minimum absolute atomic E-state index is 0.0291. The highest BCUT2D eigenvalue weighted by Crippen LogP contribution is 2.30. The molecule has 0 aromatic heterocycles. The Balaban J connectivity index is 2.92. The summed E-state index contributed by atoms with van der Waals surface area (Å²) in [5, 5.41) is 0. The Morgan fingerprint density at radius 3 is 2.47 bits per heavy atom. The SMILES string of the molecule is N[C@@H](CCF)c1cccc(C(F)(F)F)c1. The molecule has 0 saturated carbocycles. The summed E-state index contributed by atoms with van der Waals surface area (Å²) < 4.78 is 48.9. The second-order valence-corrected chi connectivity index (χ2v) is 3.21. The third-order valence-corrected chi connectivity index (χ3v) is 2.06. The van der Waals surface area contributed by atoms with Crippen LogP contribution in [0.4, 0.5) is 17.6 Å². The van der Waals surface area contributed by atoms with E-state index >= 15 is 0 Å². The molecule has 1 aromatic carbocycles. The largest absolute Gasteiger partial charge is 0.416 e. The number of hydrogen-bond donors (Lipinski definition) is 1. The first kappa shape index (κ1) is 12.0. The summed E-state index contributed by atoms with van der Waals surface area (Å²) in [6, 6.07) is 3.98. The van der Waals surface area contributed by atoms with Gasteiger partial charge in [-0.1, -0.05) is 12.1 Å². The molecule has 0 aliphatic rings. The van der Waals surface area contributed by atoms with E-state index in [1.165, 1.54) is 12.1 Å². The highest BCUT2D eigenvalue weighted by molar-refractivity contribution is 5.27. The van der Waals surface area contributed by atoms with E-state index in [0.717, 1.165) is 12.1 Å². The molecule has 84 valence electrons. The topological polar surface area (TPSA) is 26.0 Å². The van der Waals surface area contributed by atoms with E-state index < -0.39 is 24.5 Å². The fourth-order valence-electron chi connectivity index (χ4n) is 1.23. The molecule has 1 nitrogen and oxygen atoms in total. The molecule has 5 heteroatoms. The van der Waals surface area contributed by atoms with Crippen LogP contribution in [0.1, 0.15) is 23.6 Å². The summed E-state index contributed by atoms with van der Waals surface area (Å²) in [6.07, 6.45) is -4.35. The van der Waals surface area contributed by atoms with Crippen LogP contribution in [0.25, 0.3) is 0 Å². The van der Waals surface area contributed by atoms with E-state index in [1.807, 2.05) is 0 Å². The maximum Gasteiger partial charge on any atom is 0.416 e. The third kappa shape index (κ3) is 3.20. The van der Waals surface area contributed by atoms with Crippen LogP contribution in [-0.4, -0.2) is 6.67 Å². The molecule has 0 saturated heterocycles. The molecule has 0 amide bonds. The summed E-state index contributed by atoms with van der Waals surface area (Å²) in [7, 11) is 0. The smallest absolute Gasteiger partial charge is 0.324 e. The Labute approximate surface area is 84.9 Å². The average molecular weight is 221 g/mol. The Bertz CT molecular complexity index is 321. The van der Waals surface area contributed by atoms with Gasteiger partial charge in [-0.15, -0.1) is 0 Å². The number of benzene rings is 1. The van der Waals surface area contributed by atoms with E-state index in [0.29, 0.717) is 5.56 Å². The van der Waals surface area contributed by atoms with Crippen molar-refractivity contribution in [2.24, 2.45) is 5.73 Å². The van der Waals surface area contributed by atoms with Crippen LogP contribution in [0.3, 0.4) is 0 Å². The molecular formula is C10H11F4N. The second kappa shape index (κ2) is 4.61. The van der Waals surface area contributed by atoms with Gasteiger partial charge in [0, 0.05) is 6.04 Å². The summed E-state index contributed by atoms with van der Waals surface area (Å²) in [5.74, 6) is 0. The Kier molecular flexibility index (Phi) is 3.68. The van der Waals surface area contributed by atoms with E-state index in [2.05, 4.69) is 0 Å². The van der Waals surface area contributed by atoms with Crippen molar-refractivity contribution in [2.75, 3.05) is 6.67 Å². The minimum atomic E-state index is -4.38. The van der Waals surface area contributed by atoms with Crippen molar-refractivity contribution in [3.8, 4) is 0 Å². The molecule has 15 heavy (non-hydrogen) atoms. The first-order chi connectivity index (χ1) is 6.95. The number of halogens is 4. The van der Waals surface area contributed by atoms with E-state index in [4.69, 9.17) is 5.73 Å². The first-order valence-corrected chi connectivity index (χ1v) is 4.44. The van der Waals surface area contributed by atoms with Gasteiger partial charge < -0.3 is 5.73 Å². The Morgan fingerprint density at radius 1 is 1.27 bits per heavy atom. The molecule has 0 bridgehead atoms. The maximum atomic E-state index is 12.3. The third-order valence-electron chi connectivity index (χ3n) is 2.06. The molecule has 1 aromatic rings. The van der Waals surface area contributed by atoms with E-state index in [-0.39, 0.29) is 6.42 Å². The first-order valence-electron chi connectivity index (χ1n) is 4.44. The Hall–Kier alpha value is -1.10. The van der Waals surface area contributed by atoms with Crippen LogP contribution in [0, 0.1) is 0 Å². The Morgan fingerprint density at radius 2 is 1.93 bits per heavy atom. The van der Waals surface area contributed by atoms with E-state index in [9.17, 15) is 17.6 Å². The molecule has 0 spiro atoms. The monoisotopic (exact) mass is 221 g/mol. The number of nitrogens with two attached hydrogens (primary N) is 1. The predicted octanol–water partition coefficient (Wildman–Crippen LogP) is 3.06. The quantitative estimate of drug-likeness (QED) is 0.780. The lowest BCUT2D eigenvalue weighted by Gasteiger charge is -2.12. The molecule has 0 radical (unpaired) electrons. The lowest BCUT2D eigenvalue weighted by Crippen LogP contribution is -2.13. The van der Waals surface area contributed by atoms with Gasteiger partial charge in [0.25, 0.3) is 0 Å². The van der Waals surface area contributed by atoms with Crippen LogP contribution in [0.2, 0.25) is 0 Å². The summed E-state index contributed by atoms with van der Waals surface area (Å²) in [4.78, 5) is 0. The van der Waals surface area contributed by atoms with Gasteiger partial charge in [-0.3, -0.25) is 4.39 Å². The lowest BCUT2D eigenvalue weighted by atomic mass is 10.0. The molecule has 1 rings (SSSR count). The minimum Gasteiger partial charge on any atom is -0.324 e. The van der Waals surface area contributed by atoms with Crippen molar-refractivity contribution in [1.82, 2.24) is 0 Å². The highest BCUT2D eigenvalue weighted by atomic mass is 19.4. The van der Waals surface area contributed by atoms with Gasteiger partial charge in [0.05, 0.1) is 12.2 Å². The molecule has 0 aliphatic carbocycles. The van der Waals surface area contributed by atoms with Gasteiger partial charge in [0.1, 0.15) is 0 Å². The fourth-order valence-corrected chi connectivity index (χ4v) is 1.23. The zero-order valence-electron chi connectivity index (χ0n) is 7.89. The molecule has 1 atom stereocenters. The van der Waals surface area contributed by atoms with Crippen molar-refractivity contribution in [3.63, 3.8) is 0 Å². The predicted molar refractivity (Wildman–Crippen MR) is 49.0 cm³/mol. The van der Waals surface area contributed by atoms with Gasteiger partial charge in [-0.2, -0.15) is 13.2 Å². The fraction of sp³-hybridized carbons (Fsp3) is 0.400. The summed E-state index contributed by atoms with van der Waals surface area (Å²) in [5.41, 5.74) is 5.06. The highest BCUT2D eigenvalue weighted by Gasteiger charge is 2.30. The molecule has 0 unspecified atom stereocenters. The van der Waals surface area contributed by atoms with Gasteiger partial charge >= 0.3 is 6.18 Å². The van der Waals surface area contributed by atoms with Crippen LogP contribution >= 0.6 is 0 Å². The van der Waals surface area contributed by atoms with Crippen LogP contribution < -0.4 is 5.73 Å². The summed E-state index contributed by atoms with van der Waals surface area (Å²) in [6.45, 7) is -0.641. The van der Waals surface area contributed by atoms with Crippen LogP contribution in [0.5, 0.6) is 0 Å². The van der Waals surface area contributed by atoms with Crippen molar-refractivity contribution in [2.45, 2.75) is 18.6 Å². The number of hydrogen-bond acceptors (Lipinski definition) is 1. The molecular weight excluding hydrogens is 210 g/mol. The molecule has 2 N–H and O–H groups in total. The van der Waals surface area contributed by atoms with Crippen molar-refractivity contribution < 1.29 is 17.6 Å². The second-order valence-electron chi connectivity index (χ2n) is 3.21. The van der Waals surface area contributed by atoms with Gasteiger partial charge in [-0.05, 0) is 24.1 Å². The number of rotatable bonds is 3. The zero-order valence-corrected chi connectivity index (χ0v) is 7.89. The maximum absolute atomic E-state index is 12.3. The van der Waals surface area contributed by atoms with Crippen LogP contribution in [-0.2, 0) is 6.18 Å². The van der Waals surface area contributed by atoms with Gasteiger partial charge in [0.15, 0.2) is 0 Å². The molecule has 0 heterocycles.